The van der Waals surface area contributed by atoms with Gasteiger partial charge in [-0.15, -0.1) is 11.8 Å². The first-order valence-corrected chi connectivity index (χ1v) is 6.13. The maximum absolute atomic E-state index is 11.8. The molecular weight excluding hydrogens is 226 g/mol. The molecule has 1 fully saturated rings. The Balaban J connectivity index is 1.84. The van der Waals surface area contributed by atoms with E-state index in [-0.39, 0.29) is 23.9 Å². The van der Waals surface area contributed by atoms with Gasteiger partial charge in [-0.2, -0.15) is 0 Å². The number of aromatic nitrogens is 2. The lowest BCUT2D eigenvalue weighted by atomic mass is 10.5. The molecule has 1 amide bonds. The van der Waals surface area contributed by atoms with Gasteiger partial charge in [0.05, 0.1) is 5.37 Å². The van der Waals surface area contributed by atoms with Crippen LogP contribution in [0.2, 0.25) is 0 Å². The molecule has 16 heavy (non-hydrogen) atoms. The van der Waals surface area contributed by atoms with E-state index in [1.807, 2.05) is 11.8 Å². The lowest BCUT2D eigenvalue weighted by Crippen LogP contribution is -2.36. The summed E-state index contributed by atoms with van der Waals surface area (Å²) in [7, 11) is 0. The van der Waals surface area contributed by atoms with Crippen LogP contribution in [0, 0.1) is 0 Å². The summed E-state index contributed by atoms with van der Waals surface area (Å²) in [6.45, 7) is 2.83. The lowest BCUT2D eigenvalue weighted by Gasteiger charge is -2.19. The van der Waals surface area contributed by atoms with Gasteiger partial charge in [0.25, 0.3) is 5.91 Å². The number of rotatable bonds is 3. The minimum Gasteiger partial charge on any atom is -0.453 e. The van der Waals surface area contributed by atoms with Crippen molar-refractivity contribution in [2.45, 2.75) is 12.3 Å². The van der Waals surface area contributed by atoms with E-state index in [1.165, 1.54) is 0 Å². The molecule has 0 saturated carbocycles. The highest BCUT2D eigenvalue weighted by Crippen LogP contribution is 2.22. The van der Waals surface area contributed by atoms with Gasteiger partial charge in [0.15, 0.2) is 6.61 Å². The molecule has 2 heterocycles. The zero-order chi connectivity index (χ0) is 11.4. The van der Waals surface area contributed by atoms with Crippen molar-refractivity contribution in [1.82, 2.24) is 14.9 Å². The normalized spacial score (nSPS) is 19.8. The average molecular weight is 239 g/mol. The molecule has 0 aliphatic carbocycles. The van der Waals surface area contributed by atoms with E-state index in [4.69, 9.17) is 4.74 Å². The van der Waals surface area contributed by atoms with Gasteiger partial charge in [-0.25, -0.2) is 9.97 Å². The highest BCUT2D eigenvalue weighted by molar-refractivity contribution is 8.00. The number of carbonyl (C=O) groups excluding carboxylic acids is 1. The molecule has 0 spiro atoms. The standard InChI is InChI=1S/C10H13N3O2S/c1-8-13(5-6-16-8)9(14)7-15-10-11-3-2-4-12-10/h2-4,8H,5-7H2,1H3. The summed E-state index contributed by atoms with van der Waals surface area (Å²) in [4.78, 5) is 21.3. The number of hydrogen-bond donors (Lipinski definition) is 0. The Morgan fingerprint density at radius 1 is 1.62 bits per heavy atom. The average Bonchev–Trinajstić information content (AvgIpc) is 2.74. The van der Waals surface area contributed by atoms with E-state index < -0.39 is 0 Å². The van der Waals surface area contributed by atoms with Crippen molar-refractivity contribution in [1.29, 1.82) is 0 Å². The van der Waals surface area contributed by atoms with Crippen molar-refractivity contribution >= 4 is 17.7 Å². The molecule has 1 aromatic heterocycles. The zero-order valence-electron chi connectivity index (χ0n) is 9.00. The summed E-state index contributed by atoms with van der Waals surface area (Å²) in [5.74, 6) is 0.985. The van der Waals surface area contributed by atoms with Gasteiger partial charge in [-0.3, -0.25) is 4.79 Å². The topological polar surface area (TPSA) is 55.3 Å². The Bertz CT molecular complexity index is 360. The van der Waals surface area contributed by atoms with Crippen LogP contribution in [0.4, 0.5) is 0 Å². The molecule has 86 valence electrons. The molecule has 1 aromatic rings. The fraction of sp³-hybridized carbons (Fsp3) is 0.500. The Morgan fingerprint density at radius 3 is 3.00 bits per heavy atom. The van der Waals surface area contributed by atoms with Crippen LogP contribution in [-0.2, 0) is 4.79 Å². The Morgan fingerprint density at radius 2 is 2.38 bits per heavy atom. The van der Waals surface area contributed by atoms with Crippen LogP contribution in [0.1, 0.15) is 6.92 Å². The van der Waals surface area contributed by atoms with Crippen molar-refractivity contribution in [2.24, 2.45) is 0 Å². The Kier molecular flexibility index (Phi) is 3.61. The van der Waals surface area contributed by atoms with E-state index in [0.717, 1.165) is 12.3 Å². The fourth-order valence-corrected chi connectivity index (χ4v) is 2.54. The molecule has 1 aliphatic heterocycles. The van der Waals surface area contributed by atoms with Crippen LogP contribution in [0.25, 0.3) is 0 Å². The van der Waals surface area contributed by atoms with Crippen molar-refractivity contribution in [3.63, 3.8) is 0 Å². The second kappa shape index (κ2) is 5.16. The van der Waals surface area contributed by atoms with Gasteiger partial charge in [0.2, 0.25) is 0 Å². The number of amides is 1. The fourth-order valence-electron chi connectivity index (χ4n) is 1.49. The zero-order valence-corrected chi connectivity index (χ0v) is 9.81. The Labute approximate surface area is 98.2 Å². The lowest BCUT2D eigenvalue weighted by molar-refractivity contribution is -0.133. The molecule has 1 aliphatic rings. The van der Waals surface area contributed by atoms with Crippen LogP contribution in [-0.4, -0.2) is 45.1 Å². The molecule has 1 atom stereocenters. The number of carbonyl (C=O) groups is 1. The number of ether oxygens (including phenoxy) is 1. The van der Waals surface area contributed by atoms with Crippen molar-refractivity contribution in [3.8, 4) is 6.01 Å². The van der Waals surface area contributed by atoms with E-state index in [2.05, 4.69) is 9.97 Å². The van der Waals surface area contributed by atoms with Crippen molar-refractivity contribution in [2.75, 3.05) is 18.9 Å². The second-order valence-corrected chi connectivity index (χ2v) is 4.80. The summed E-state index contributed by atoms with van der Waals surface area (Å²) >= 11 is 1.77. The minimum atomic E-state index is -0.00930. The largest absolute Gasteiger partial charge is 0.453 e. The predicted molar refractivity (Wildman–Crippen MR) is 61.2 cm³/mol. The predicted octanol–water partition coefficient (Wildman–Crippen LogP) is 0.777. The second-order valence-electron chi connectivity index (χ2n) is 3.38. The van der Waals surface area contributed by atoms with E-state index in [0.29, 0.717) is 0 Å². The highest BCUT2D eigenvalue weighted by atomic mass is 32.2. The molecular formula is C10H13N3O2S. The first-order valence-electron chi connectivity index (χ1n) is 5.08. The number of nitrogens with zero attached hydrogens (tertiary/aromatic N) is 3. The molecule has 0 N–H and O–H groups in total. The highest BCUT2D eigenvalue weighted by Gasteiger charge is 2.25. The van der Waals surface area contributed by atoms with Crippen molar-refractivity contribution in [3.05, 3.63) is 18.5 Å². The summed E-state index contributed by atoms with van der Waals surface area (Å²) < 4.78 is 5.21. The van der Waals surface area contributed by atoms with Crippen LogP contribution >= 0.6 is 11.8 Å². The monoisotopic (exact) mass is 239 g/mol. The SMILES string of the molecule is CC1SCCN1C(=O)COc1ncccn1. The van der Waals surface area contributed by atoms with Gasteiger partial charge < -0.3 is 9.64 Å². The van der Waals surface area contributed by atoms with Gasteiger partial charge in [-0.05, 0) is 13.0 Å². The molecule has 1 saturated heterocycles. The number of hydrogen-bond acceptors (Lipinski definition) is 5. The van der Waals surface area contributed by atoms with Gasteiger partial charge in [0.1, 0.15) is 0 Å². The van der Waals surface area contributed by atoms with E-state index in [1.54, 1.807) is 30.2 Å². The summed E-state index contributed by atoms with van der Waals surface area (Å²) in [6, 6.07) is 1.95. The first-order chi connectivity index (χ1) is 7.77. The Hall–Kier alpha value is -1.30. The third-order valence-electron chi connectivity index (χ3n) is 2.32. The molecule has 1 unspecified atom stereocenters. The van der Waals surface area contributed by atoms with Gasteiger partial charge in [0, 0.05) is 24.7 Å². The third-order valence-corrected chi connectivity index (χ3v) is 3.47. The maximum atomic E-state index is 11.8. The molecule has 6 heteroatoms. The maximum Gasteiger partial charge on any atom is 0.316 e. The molecule has 2 rings (SSSR count). The summed E-state index contributed by atoms with van der Waals surface area (Å²) in [6.07, 6.45) is 3.17. The summed E-state index contributed by atoms with van der Waals surface area (Å²) in [5, 5.41) is 0.243. The van der Waals surface area contributed by atoms with Gasteiger partial charge >= 0.3 is 6.01 Å². The van der Waals surface area contributed by atoms with Crippen LogP contribution in [0.3, 0.4) is 0 Å². The molecule has 0 radical (unpaired) electrons. The van der Waals surface area contributed by atoms with E-state index >= 15 is 0 Å². The third kappa shape index (κ3) is 2.63. The van der Waals surface area contributed by atoms with Crippen LogP contribution in [0.15, 0.2) is 18.5 Å². The van der Waals surface area contributed by atoms with Gasteiger partial charge in [-0.1, -0.05) is 0 Å². The molecule has 0 aromatic carbocycles. The van der Waals surface area contributed by atoms with Crippen LogP contribution in [0.5, 0.6) is 6.01 Å². The molecule has 5 nitrogen and oxygen atoms in total. The summed E-state index contributed by atoms with van der Waals surface area (Å²) in [5.41, 5.74) is 0. The van der Waals surface area contributed by atoms with Crippen LogP contribution < -0.4 is 4.74 Å². The molecule has 0 bridgehead atoms. The van der Waals surface area contributed by atoms with E-state index in [9.17, 15) is 4.79 Å². The minimum absolute atomic E-state index is 0.00884. The smallest absolute Gasteiger partial charge is 0.316 e. The number of thioether (sulfide) groups is 1. The quantitative estimate of drug-likeness (QED) is 0.780. The van der Waals surface area contributed by atoms with Crippen molar-refractivity contribution < 1.29 is 9.53 Å². The first kappa shape index (κ1) is 11.2.